The maximum Gasteiger partial charge on any atom is 0.220 e. The van der Waals surface area contributed by atoms with E-state index in [9.17, 15) is 4.79 Å². The monoisotopic (exact) mass is 304 g/mol. The third-order valence-corrected chi connectivity index (χ3v) is 3.90. The molecule has 0 saturated heterocycles. The fourth-order valence-corrected chi connectivity index (χ4v) is 2.70. The van der Waals surface area contributed by atoms with Gasteiger partial charge in [0.1, 0.15) is 0 Å². The highest BCUT2D eigenvalue weighted by Gasteiger charge is 2.04. The SMILES string of the molecule is CC(N)CCNC(=O)CCc1cc(Br)cs1. The van der Waals surface area contributed by atoms with Gasteiger partial charge in [-0.1, -0.05) is 0 Å². The Morgan fingerprint density at radius 2 is 2.44 bits per heavy atom. The topological polar surface area (TPSA) is 55.1 Å². The second-order valence-corrected chi connectivity index (χ2v) is 5.76. The van der Waals surface area contributed by atoms with E-state index in [2.05, 4.69) is 27.3 Å². The van der Waals surface area contributed by atoms with Gasteiger partial charge in [0, 0.05) is 33.7 Å². The molecule has 1 rings (SSSR count). The summed E-state index contributed by atoms with van der Waals surface area (Å²) in [7, 11) is 0. The van der Waals surface area contributed by atoms with Crippen molar-refractivity contribution >= 4 is 33.2 Å². The number of aryl methyl sites for hydroxylation is 1. The number of halogens is 1. The van der Waals surface area contributed by atoms with E-state index in [1.54, 1.807) is 11.3 Å². The van der Waals surface area contributed by atoms with Crippen LogP contribution in [0.2, 0.25) is 0 Å². The molecule has 90 valence electrons. The molecule has 3 N–H and O–H groups in total. The second-order valence-electron chi connectivity index (χ2n) is 3.85. The van der Waals surface area contributed by atoms with Crippen LogP contribution in [0.25, 0.3) is 0 Å². The molecule has 1 amide bonds. The molecule has 0 radical (unpaired) electrons. The van der Waals surface area contributed by atoms with Crippen molar-refractivity contribution in [1.82, 2.24) is 5.32 Å². The van der Waals surface area contributed by atoms with Crippen molar-refractivity contribution < 1.29 is 4.79 Å². The highest BCUT2D eigenvalue weighted by Crippen LogP contribution is 2.20. The van der Waals surface area contributed by atoms with Crippen LogP contribution in [0.1, 0.15) is 24.6 Å². The van der Waals surface area contributed by atoms with Gasteiger partial charge in [-0.2, -0.15) is 0 Å². The second kappa shape index (κ2) is 7.04. The van der Waals surface area contributed by atoms with Crippen LogP contribution < -0.4 is 11.1 Å². The quantitative estimate of drug-likeness (QED) is 0.847. The number of hydrogen-bond donors (Lipinski definition) is 2. The number of rotatable bonds is 6. The number of thiophene rings is 1. The molecule has 0 saturated carbocycles. The van der Waals surface area contributed by atoms with E-state index >= 15 is 0 Å². The average molecular weight is 305 g/mol. The predicted octanol–water partition coefficient (Wildman–Crippen LogP) is 2.30. The summed E-state index contributed by atoms with van der Waals surface area (Å²) in [5.74, 6) is 0.102. The fourth-order valence-electron chi connectivity index (χ4n) is 1.25. The average Bonchev–Trinajstić information content (AvgIpc) is 2.61. The molecule has 0 aromatic carbocycles. The normalized spacial score (nSPS) is 12.4. The zero-order valence-corrected chi connectivity index (χ0v) is 11.7. The van der Waals surface area contributed by atoms with E-state index < -0.39 is 0 Å². The summed E-state index contributed by atoms with van der Waals surface area (Å²) in [5, 5.41) is 4.90. The van der Waals surface area contributed by atoms with E-state index in [-0.39, 0.29) is 11.9 Å². The maximum absolute atomic E-state index is 11.4. The molecule has 1 aromatic rings. The van der Waals surface area contributed by atoms with Crippen molar-refractivity contribution in [3.63, 3.8) is 0 Å². The predicted molar refractivity (Wildman–Crippen MR) is 71.6 cm³/mol. The van der Waals surface area contributed by atoms with Gasteiger partial charge in [0.2, 0.25) is 5.91 Å². The molecule has 1 unspecified atom stereocenters. The van der Waals surface area contributed by atoms with Gasteiger partial charge in [0.05, 0.1) is 0 Å². The smallest absolute Gasteiger partial charge is 0.220 e. The molecule has 0 aliphatic carbocycles. The van der Waals surface area contributed by atoms with Crippen LogP contribution in [0.3, 0.4) is 0 Å². The lowest BCUT2D eigenvalue weighted by Gasteiger charge is -2.06. The fraction of sp³-hybridized carbons (Fsp3) is 0.545. The summed E-state index contributed by atoms with van der Waals surface area (Å²) in [6.07, 6.45) is 2.18. The Morgan fingerprint density at radius 3 is 3.00 bits per heavy atom. The van der Waals surface area contributed by atoms with Crippen LogP contribution in [0.5, 0.6) is 0 Å². The number of carbonyl (C=O) groups excluding carboxylic acids is 1. The summed E-state index contributed by atoms with van der Waals surface area (Å²) in [6, 6.07) is 2.20. The molecule has 0 fully saturated rings. The Kier molecular flexibility index (Phi) is 6.01. The third kappa shape index (κ3) is 5.63. The van der Waals surface area contributed by atoms with E-state index in [0.717, 1.165) is 17.3 Å². The van der Waals surface area contributed by atoms with E-state index in [0.29, 0.717) is 13.0 Å². The molecule has 0 aliphatic rings. The summed E-state index contributed by atoms with van der Waals surface area (Å²) in [6.45, 7) is 2.61. The summed E-state index contributed by atoms with van der Waals surface area (Å²) in [5.41, 5.74) is 5.59. The van der Waals surface area contributed by atoms with Gasteiger partial charge in [-0.15, -0.1) is 11.3 Å². The lowest BCUT2D eigenvalue weighted by atomic mass is 10.2. The van der Waals surface area contributed by atoms with Gasteiger partial charge < -0.3 is 11.1 Å². The zero-order chi connectivity index (χ0) is 12.0. The third-order valence-electron chi connectivity index (χ3n) is 2.14. The van der Waals surface area contributed by atoms with Crippen molar-refractivity contribution in [3.8, 4) is 0 Å². The Hall–Kier alpha value is -0.390. The Morgan fingerprint density at radius 1 is 1.69 bits per heavy atom. The summed E-state index contributed by atoms with van der Waals surface area (Å²) in [4.78, 5) is 12.7. The Balaban J connectivity index is 2.15. The number of nitrogens with one attached hydrogen (secondary N) is 1. The highest BCUT2D eigenvalue weighted by molar-refractivity contribution is 9.10. The first-order valence-corrected chi connectivity index (χ1v) is 7.00. The summed E-state index contributed by atoms with van der Waals surface area (Å²) < 4.78 is 1.09. The van der Waals surface area contributed by atoms with Gasteiger partial charge in [0.25, 0.3) is 0 Å². The van der Waals surface area contributed by atoms with Gasteiger partial charge in [0.15, 0.2) is 0 Å². The number of amides is 1. The van der Waals surface area contributed by atoms with Gasteiger partial charge in [-0.05, 0) is 41.8 Å². The number of hydrogen-bond acceptors (Lipinski definition) is 3. The molecule has 5 heteroatoms. The maximum atomic E-state index is 11.4. The molecule has 0 aliphatic heterocycles. The minimum Gasteiger partial charge on any atom is -0.356 e. The molecule has 16 heavy (non-hydrogen) atoms. The van der Waals surface area contributed by atoms with E-state index in [1.807, 2.05) is 12.3 Å². The molecular weight excluding hydrogens is 288 g/mol. The lowest BCUT2D eigenvalue weighted by Crippen LogP contribution is -2.28. The first kappa shape index (κ1) is 13.7. The first-order chi connectivity index (χ1) is 7.58. The van der Waals surface area contributed by atoms with Crippen molar-refractivity contribution in [2.75, 3.05) is 6.54 Å². The zero-order valence-electron chi connectivity index (χ0n) is 9.33. The van der Waals surface area contributed by atoms with Crippen molar-refractivity contribution in [2.24, 2.45) is 5.73 Å². The van der Waals surface area contributed by atoms with Crippen LogP contribution >= 0.6 is 27.3 Å². The van der Waals surface area contributed by atoms with Crippen LogP contribution in [0.15, 0.2) is 15.9 Å². The first-order valence-electron chi connectivity index (χ1n) is 5.33. The largest absolute Gasteiger partial charge is 0.356 e. The summed E-state index contributed by atoms with van der Waals surface area (Å²) >= 11 is 5.07. The van der Waals surface area contributed by atoms with Gasteiger partial charge in [-0.25, -0.2) is 0 Å². The standard InChI is InChI=1S/C11H17BrN2OS/c1-8(13)4-5-14-11(15)3-2-10-6-9(12)7-16-10/h6-8H,2-5,13H2,1H3,(H,14,15). The Labute approximate surface area is 109 Å². The molecule has 1 aromatic heterocycles. The minimum absolute atomic E-state index is 0.102. The highest BCUT2D eigenvalue weighted by atomic mass is 79.9. The molecule has 0 bridgehead atoms. The van der Waals surface area contributed by atoms with Crippen LogP contribution in [-0.4, -0.2) is 18.5 Å². The van der Waals surface area contributed by atoms with Crippen molar-refractivity contribution in [1.29, 1.82) is 0 Å². The van der Waals surface area contributed by atoms with Gasteiger partial charge in [-0.3, -0.25) is 4.79 Å². The molecule has 1 heterocycles. The molecule has 3 nitrogen and oxygen atoms in total. The number of carbonyl (C=O) groups is 1. The number of nitrogens with two attached hydrogens (primary N) is 1. The van der Waals surface area contributed by atoms with Gasteiger partial charge >= 0.3 is 0 Å². The van der Waals surface area contributed by atoms with Crippen molar-refractivity contribution in [3.05, 3.63) is 20.8 Å². The van der Waals surface area contributed by atoms with Crippen LogP contribution in [0.4, 0.5) is 0 Å². The lowest BCUT2D eigenvalue weighted by molar-refractivity contribution is -0.121. The van der Waals surface area contributed by atoms with E-state index in [4.69, 9.17) is 5.73 Å². The Bertz CT molecular complexity index is 338. The van der Waals surface area contributed by atoms with Crippen LogP contribution in [-0.2, 0) is 11.2 Å². The molecule has 0 spiro atoms. The minimum atomic E-state index is 0.102. The molecular formula is C11H17BrN2OS. The van der Waals surface area contributed by atoms with Crippen molar-refractivity contribution in [2.45, 2.75) is 32.2 Å². The van der Waals surface area contributed by atoms with E-state index in [1.165, 1.54) is 4.88 Å². The van der Waals surface area contributed by atoms with Crippen LogP contribution in [0, 0.1) is 0 Å². The molecule has 1 atom stereocenters.